The highest BCUT2D eigenvalue weighted by Gasteiger charge is 2.49. The van der Waals surface area contributed by atoms with E-state index in [0.717, 1.165) is 20.0 Å². The Hall–Kier alpha value is -3.42. The third kappa shape index (κ3) is 11.0. The number of sulfonamides is 2. The molecule has 0 saturated carbocycles. The van der Waals surface area contributed by atoms with Crippen LogP contribution in [0.2, 0.25) is 0 Å². The monoisotopic (exact) mass is 912 g/mol. The maximum absolute atomic E-state index is 12.4. The van der Waals surface area contributed by atoms with Gasteiger partial charge < -0.3 is 4.74 Å². The second-order valence-electron chi connectivity index (χ2n) is 8.87. The molecule has 2 unspecified atom stereocenters. The summed E-state index contributed by atoms with van der Waals surface area (Å²) in [4.78, 5) is 29.1. The number of alkyl halides is 6. The van der Waals surface area contributed by atoms with Crippen LogP contribution in [0.25, 0.3) is 0 Å². The van der Waals surface area contributed by atoms with Crippen LogP contribution in [0, 0.1) is 0 Å². The number of fused-ring (bicyclic) bond motifs is 1. The molecule has 268 valence electrons. The maximum atomic E-state index is 12.4. The van der Waals surface area contributed by atoms with Crippen LogP contribution in [0.15, 0.2) is 128 Å². The summed E-state index contributed by atoms with van der Waals surface area (Å²) in [7, 11) is -9.91. The Kier molecular flexibility index (Phi) is 13.4. The van der Waals surface area contributed by atoms with Crippen molar-refractivity contribution >= 4 is 85.3 Å². The number of hydrogen-bond donors (Lipinski definition) is 1. The lowest BCUT2D eigenvalue weighted by atomic mass is 10.4. The molecule has 0 saturated heterocycles. The SMILES string of the molecule is NS(=O)(=O)c1cnccc1S(=O)c1ccc(Br)cc1.O=C(OC(=O)C(F)(F)F)C(F)(F)F.O=S1(=O)N=S(c2ccc(Br)cc2)c2ccncc21. The first-order valence-corrected chi connectivity index (χ1v) is 19.4. The number of hydrogen-bond acceptors (Lipinski definition) is 10. The Morgan fingerprint density at radius 1 is 0.800 bits per heavy atom. The summed E-state index contributed by atoms with van der Waals surface area (Å²) in [5, 5.41) is 5.09. The minimum Gasteiger partial charge on any atom is -0.380 e. The van der Waals surface area contributed by atoms with E-state index in [1.165, 1.54) is 18.5 Å². The first-order valence-electron chi connectivity index (χ1n) is 12.5. The fourth-order valence-corrected chi connectivity index (χ4v) is 9.89. The van der Waals surface area contributed by atoms with Gasteiger partial charge in [-0.05, 0) is 71.4 Å². The number of halogens is 8. The summed E-state index contributed by atoms with van der Waals surface area (Å²) in [6, 6.07) is 17.4. The van der Waals surface area contributed by atoms with Gasteiger partial charge >= 0.3 is 24.3 Å². The molecular formula is C26H16Br2F6N4O8S4. The van der Waals surface area contributed by atoms with E-state index >= 15 is 0 Å². The lowest BCUT2D eigenvalue weighted by molar-refractivity contribution is -0.221. The van der Waals surface area contributed by atoms with E-state index in [-0.39, 0.29) is 14.7 Å². The number of pyridine rings is 2. The van der Waals surface area contributed by atoms with Gasteiger partial charge in [-0.3, -0.25) is 9.97 Å². The molecule has 2 atom stereocenters. The van der Waals surface area contributed by atoms with Crippen LogP contribution >= 0.6 is 31.9 Å². The molecule has 0 amide bonds. The molecule has 50 heavy (non-hydrogen) atoms. The average Bonchev–Trinajstić information content (AvgIpc) is 3.31. The Morgan fingerprint density at radius 3 is 1.78 bits per heavy atom. The zero-order valence-corrected chi connectivity index (χ0v) is 30.4. The number of primary sulfonamides is 1. The normalized spacial score (nSPS) is 15.5. The number of benzene rings is 2. The molecule has 4 aromatic rings. The first-order chi connectivity index (χ1) is 23.0. The Labute approximate surface area is 300 Å². The van der Waals surface area contributed by atoms with Gasteiger partial charge in [0.1, 0.15) is 9.79 Å². The van der Waals surface area contributed by atoms with E-state index in [1.54, 1.807) is 36.5 Å². The van der Waals surface area contributed by atoms with Crippen molar-refractivity contribution in [3.05, 3.63) is 94.4 Å². The molecule has 5 rings (SSSR count). The lowest BCUT2D eigenvalue weighted by Crippen LogP contribution is -2.34. The highest BCUT2D eigenvalue weighted by Crippen LogP contribution is 2.34. The molecule has 0 aliphatic carbocycles. The van der Waals surface area contributed by atoms with Crippen molar-refractivity contribution in [2.45, 2.75) is 41.7 Å². The van der Waals surface area contributed by atoms with Crippen LogP contribution < -0.4 is 5.14 Å². The topological polar surface area (TPSA) is 193 Å². The predicted molar refractivity (Wildman–Crippen MR) is 170 cm³/mol. The number of esters is 2. The van der Waals surface area contributed by atoms with Crippen LogP contribution in [0.3, 0.4) is 0 Å². The lowest BCUT2D eigenvalue weighted by Gasteiger charge is -2.07. The van der Waals surface area contributed by atoms with Gasteiger partial charge in [-0.25, -0.2) is 27.4 Å². The summed E-state index contributed by atoms with van der Waals surface area (Å²) in [5.74, 6) is -6.40. The summed E-state index contributed by atoms with van der Waals surface area (Å²) in [6.07, 6.45) is -5.82. The summed E-state index contributed by atoms with van der Waals surface area (Å²) in [5.41, 5.74) is 0. The van der Waals surface area contributed by atoms with Crippen molar-refractivity contribution in [2.75, 3.05) is 0 Å². The summed E-state index contributed by atoms with van der Waals surface area (Å²) >= 11 is 6.62. The number of rotatable bonds is 4. The fraction of sp³-hybridized carbons (Fsp3) is 0.0769. The van der Waals surface area contributed by atoms with Gasteiger partial charge in [0.15, 0.2) is 0 Å². The van der Waals surface area contributed by atoms with Gasteiger partial charge in [0.25, 0.3) is 10.0 Å². The van der Waals surface area contributed by atoms with E-state index in [1.807, 2.05) is 24.3 Å². The second-order valence-corrected chi connectivity index (χ2v) is 17.1. The molecule has 2 aromatic heterocycles. The molecule has 2 aromatic carbocycles. The van der Waals surface area contributed by atoms with E-state index in [4.69, 9.17) is 5.14 Å². The predicted octanol–water partition coefficient (Wildman–Crippen LogP) is 5.61. The molecule has 3 heterocycles. The number of nitrogens with zero attached hydrogens (tertiary/aromatic N) is 3. The molecule has 0 fully saturated rings. The van der Waals surface area contributed by atoms with Gasteiger partial charge in [0, 0.05) is 48.4 Å². The van der Waals surface area contributed by atoms with Crippen molar-refractivity contribution in [3.63, 3.8) is 0 Å². The highest BCUT2D eigenvalue weighted by atomic mass is 79.9. The smallest absolute Gasteiger partial charge is 0.380 e. The van der Waals surface area contributed by atoms with E-state index in [9.17, 15) is 57.0 Å². The van der Waals surface area contributed by atoms with Crippen LogP contribution in [-0.2, 0) is 55.9 Å². The van der Waals surface area contributed by atoms with Crippen LogP contribution in [0.4, 0.5) is 26.3 Å². The van der Waals surface area contributed by atoms with Gasteiger partial charge in [-0.1, -0.05) is 31.9 Å². The third-order valence-corrected chi connectivity index (χ3v) is 12.8. The largest absolute Gasteiger partial charge is 0.491 e. The minimum atomic E-state index is -5.62. The summed E-state index contributed by atoms with van der Waals surface area (Å²) < 4.78 is 134. The van der Waals surface area contributed by atoms with Gasteiger partial charge in [0.05, 0.1) is 15.7 Å². The van der Waals surface area contributed by atoms with Crippen molar-refractivity contribution in [1.82, 2.24) is 9.97 Å². The number of carbonyl (C=O) groups excluding carboxylic acids is 2. The molecular weight excluding hydrogens is 898 g/mol. The number of carbonyl (C=O) groups is 2. The fourth-order valence-electron chi connectivity index (χ4n) is 3.25. The Morgan fingerprint density at radius 2 is 1.28 bits per heavy atom. The van der Waals surface area contributed by atoms with Crippen molar-refractivity contribution in [3.8, 4) is 0 Å². The number of aromatic nitrogens is 2. The van der Waals surface area contributed by atoms with Crippen LogP contribution in [0.5, 0.6) is 0 Å². The third-order valence-electron chi connectivity index (χ3n) is 5.37. The molecule has 1 aliphatic rings. The van der Waals surface area contributed by atoms with E-state index < -0.39 is 65.8 Å². The number of ether oxygens (including phenoxy) is 1. The van der Waals surface area contributed by atoms with Gasteiger partial charge in [-0.15, -0.1) is 3.77 Å². The molecule has 2 N–H and O–H groups in total. The zero-order chi connectivity index (χ0) is 37.7. The standard InChI is InChI=1S/C11H9BrN2O3S2.C11H7BrN2O2S2.C4F6O3/c12-8-1-3-9(4-2-8)18(15)10-5-6-14-7-11(10)19(13,16)17;12-8-1-3-9(4-2-8)17-10-5-6-13-7-11(10)18(15,16)14-17;5-3(6,7)1(11)13-2(12)4(8,9)10/h1-7H,(H2,13,16,17);1-7H;. The molecule has 0 spiro atoms. The molecule has 12 nitrogen and oxygen atoms in total. The van der Waals surface area contributed by atoms with E-state index in [2.05, 4.69) is 50.3 Å². The molecule has 0 bridgehead atoms. The Balaban J connectivity index is 0.000000207. The van der Waals surface area contributed by atoms with Crippen molar-refractivity contribution in [1.29, 1.82) is 0 Å². The molecule has 0 radical (unpaired) electrons. The molecule has 24 heteroatoms. The van der Waals surface area contributed by atoms with Crippen LogP contribution in [0.1, 0.15) is 0 Å². The van der Waals surface area contributed by atoms with Crippen LogP contribution in [-0.4, -0.2) is 55.3 Å². The van der Waals surface area contributed by atoms with E-state index in [0.29, 0.717) is 9.79 Å². The second kappa shape index (κ2) is 16.3. The average molecular weight is 914 g/mol. The van der Waals surface area contributed by atoms with Gasteiger partial charge in [0.2, 0.25) is 10.0 Å². The Bertz CT molecular complexity index is 2160. The highest BCUT2D eigenvalue weighted by molar-refractivity contribution is 9.10. The zero-order valence-electron chi connectivity index (χ0n) is 23.9. The first kappa shape index (κ1) is 41.0. The van der Waals surface area contributed by atoms with Crippen molar-refractivity contribution in [2.24, 2.45) is 8.91 Å². The maximum Gasteiger partial charge on any atom is 0.491 e. The van der Waals surface area contributed by atoms with Gasteiger partial charge in [-0.2, -0.15) is 34.8 Å². The quantitative estimate of drug-likeness (QED) is 0.153. The number of nitrogens with two attached hydrogens (primary N) is 1. The summed E-state index contributed by atoms with van der Waals surface area (Å²) in [6.45, 7) is 0. The van der Waals surface area contributed by atoms with Crippen molar-refractivity contribution < 1.29 is 61.7 Å². The molecule has 1 aliphatic heterocycles. The minimum absolute atomic E-state index is 0.125.